The predicted octanol–water partition coefficient (Wildman–Crippen LogP) is 5.35. The van der Waals surface area contributed by atoms with Gasteiger partial charge < -0.3 is 5.32 Å². The number of carbonyl (C=O) groups is 1. The summed E-state index contributed by atoms with van der Waals surface area (Å²) in [5.74, 6) is 0.411. The van der Waals surface area contributed by atoms with Gasteiger partial charge >= 0.3 is 0 Å². The van der Waals surface area contributed by atoms with Gasteiger partial charge in [0.25, 0.3) is 5.69 Å². The zero-order chi connectivity index (χ0) is 22.5. The summed E-state index contributed by atoms with van der Waals surface area (Å²) in [5.41, 5.74) is 1.12. The molecule has 4 aromatic rings. The fourth-order valence-corrected chi connectivity index (χ4v) is 4.55. The molecule has 0 unspecified atom stereocenters. The van der Waals surface area contributed by atoms with E-state index in [1.54, 1.807) is 11.3 Å². The van der Waals surface area contributed by atoms with E-state index < -0.39 is 4.92 Å². The number of aromatic nitrogens is 3. The van der Waals surface area contributed by atoms with Crippen molar-refractivity contribution in [1.82, 2.24) is 14.8 Å². The van der Waals surface area contributed by atoms with E-state index in [-0.39, 0.29) is 28.1 Å². The van der Waals surface area contributed by atoms with Crippen molar-refractivity contribution in [2.45, 2.75) is 11.7 Å². The Bertz CT molecular complexity index is 1250. The summed E-state index contributed by atoms with van der Waals surface area (Å²) in [4.78, 5) is 23.9. The van der Waals surface area contributed by atoms with Crippen molar-refractivity contribution in [3.8, 4) is 10.7 Å². The Morgan fingerprint density at radius 1 is 1.16 bits per heavy atom. The lowest BCUT2D eigenvalue weighted by molar-refractivity contribution is -0.384. The number of halogens is 1. The van der Waals surface area contributed by atoms with E-state index in [2.05, 4.69) is 15.5 Å². The molecule has 0 bridgehead atoms. The van der Waals surface area contributed by atoms with Crippen LogP contribution in [0.25, 0.3) is 10.7 Å². The van der Waals surface area contributed by atoms with Crippen LogP contribution in [0, 0.1) is 10.1 Å². The second kappa shape index (κ2) is 9.94. The summed E-state index contributed by atoms with van der Waals surface area (Å²) < 4.78 is 1.97. The second-order valence-corrected chi connectivity index (χ2v) is 8.91. The van der Waals surface area contributed by atoms with Gasteiger partial charge in [-0.25, -0.2) is 0 Å². The van der Waals surface area contributed by atoms with E-state index in [1.165, 1.54) is 30.0 Å². The summed E-state index contributed by atoms with van der Waals surface area (Å²) in [5, 5.41) is 25.0. The number of nitrogens with one attached hydrogen (secondary N) is 1. The van der Waals surface area contributed by atoms with E-state index >= 15 is 0 Å². The van der Waals surface area contributed by atoms with Crippen LogP contribution in [-0.4, -0.2) is 31.3 Å². The van der Waals surface area contributed by atoms with Crippen LogP contribution in [0.5, 0.6) is 0 Å². The number of thiophene rings is 1. The quantitative estimate of drug-likeness (QED) is 0.205. The van der Waals surface area contributed by atoms with Crippen LogP contribution in [0.1, 0.15) is 5.56 Å². The lowest BCUT2D eigenvalue weighted by Gasteiger charge is -2.10. The highest BCUT2D eigenvalue weighted by molar-refractivity contribution is 7.99. The van der Waals surface area contributed by atoms with Crippen LogP contribution in [0.4, 0.5) is 11.4 Å². The number of nitro groups is 1. The lowest BCUT2D eigenvalue weighted by Crippen LogP contribution is -2.15. The number of thioether (sulfide) groups is 1. The number of hydrogen-bond donors (Lipinski definition) is 1. The molecular weight excluding hydrogens is 470 g/mol. The number of anilines is 1. The molecule has 0 aliphatic heterocycles. The molecule has 0 aliphatic carbocycles. The molecule has 1 N–H and O–H groups in total. The molecule has 0 spiro atoms. The Hall–Kier alpha value is -3.21. The van der Waals surface area contributed by atoms with Gasteiger partial charge in [0.05, 0.1) is 32.8 Å². The molecule has 0 atom stereocenters. The highest BCUT2D eigenvalue weighted by atomic mass is 35.5. The summed E-state index contributed by atoms with van der Waals surface area (Å²) >= 11 is 8.87. The summed E-state index contributed by atoms with van der Waals surface area (Å²) in [6, 6.07) is 17.7. The van der Waals surface area contributed by atoms with Gasteiger partial charge in [-0.05, 0) is 23.1 Å². The SMILES string of the molecule is O=C(CSc1nnc(-c2cccs2)n1Cc1ccccc1)Nc1cc([N+](=O)[O-])ccc1Cl. The predicted molar refractivity (Wildman–Crippen MR) is 126 cm³/mol. The average Bonchev–Trinajstić information content (AvgIpc) is 3.44. The molecule has 2 aromatic carbocycles. The maximum Gasteiger partial charge on any atom is 0.271 e. The van der Waals surface area contributed by atoms with Crippen LogP contribution in [-0.2, 0) is 11.3 Å². The van der Waals surface area contributed by atoms with Crippen molar-refractivity contribution in [3.05, 3.63) is 86.7 Å². The molecule has 0 saturated heterocycles. The van der Waals surface area contributed by atoms with E-state index in [9.17, 15) is 14.9 Å². The van der Waals surface area contributed by atoms with Gasteiger partial charge in [-0.15, -0.1) is 21.5 Å². The molecule has 0 saturated carbocycles. The van der Waals surface area contributed by atoms with Gasteiger partial charge in [0.2, 0.25) is 5.91 Å². The van der Waals surface area contributed by atoms with Gasteiger partial charge in [-0.1, -0.05) is 59.8 Å². The van der Waals surface area contributed by atoms with Crippen LogP contribution >= 0.6 is 34.7 Å². The first-order valence-corrected chi connectivity index (χ1v) is 11.6. The summed E-state index contributed by atoms with van der Waals surface area (Å²) in [7, 11) is 0. The fraction of sp³-hybridized carbons (Fsp3) is 0.0952. The molecule has 1 amide bonds. The maximum absolute atomic E-state index is 12.5. The number of amides is 1. The minimum absolute atomic E-state index is 0.0381. The van der Waals surface area contributed by atoms with Crippen LogP contribution in [0.2, 0.25) is 5.02 Å². The second-order valence-electron chi connectivity index (χ2n) is 6.61. The topological polar surface area (TPSA) is 103 Å². The van der Waals surface area contributed by atoms with E-state index in [0.29, 0.717) is 11.7 Å². The molecule has 11 heteroatoms. The van der Waals surface area contributed by atoms with Gasteiger partial charge in [0.15, 0.2) is 11.0 Å². The molecule has 32 heavy (non-hydrogen) atoms. The number of non-ortho nitro benzene ring substituents is 1. The first-order chi connectivity index (χ1) is 15.5. The third-order valence-electron chi connectivity index (χ3n) is 4.41. The van der Waals surface area contributed by atoms with E-state index in [4.69, 9.17) is 11.6 Å². The molecular formula is C21H16ClN5O3S2. The van der Waals surface area contributed by atoms with Crippen LogP contribution in [0.15, 0.2) is 71.2 Å². The third kappa shape index (κ3) is 5.16. The first-order valence-electron chi connectivity index (χ1n) is 9.39. The summed E-state index contributed by atoms with van der Waals surface area (Å²) in [6.07, 6.45) is 0. The molecule has 162 valence electrons. The van der Waals surface area contributed by atoms with Crippen LogP contribution in [0.3, 0.4) is 0 Å². The molecule has 4 rings (SSSR count). The summed E-state index contributed by atoms with van der Waals surface area (Å²) in [6.45, 7) is 0.557. The molecule has 2 aromatic heterocycles. The number of hydrogen-bond acceptors (Lipinski definition) is 7. The first kappa shape index (κ1) is 22.0. The highest BCUT2D eigenvalue weighted by Crippen LogP contribution is 2.29. The van der Waals surface area contributed by atoms with Crippen molar-refractivity contribution in [3.63, 3.8) is 0 Å². The molecule has 0 radical (unpaired) electrons. The van der Waals surface area contributed by atoms with Crippen LogP contribution < -0.4 is 5.32 Å². The largest absolute Gasteiger partial charge is 0.324 e. The Morgan fingerprint density at radius 2 is 1.97 bits per heavy atom. The van der Waals surface area contributed by atoms with Crippen molar-refractivity contribution in [2.24, 2.45) is 0 Å². The van der Waals surface area contributed by atoms with Crippen molar-refractivity contribution in [2.75, 3.05) is 11.1 Å². The standard InChI is InChI=1S/C21H16ClN5O3S2/c22-16-9-8-15(27(29)30)11-17(16)23-19(28)13-32-21-25-24-20(18-7-4-10-31-18)26(21)12-14-5-2-1-3-6-14/h1-11H,12-13H2,(H,23,28). The number of rotatable bonds is 8. The van der Waals surface area contributed by atoms with Crippen molar-refractivity contribution < 1.29 is 9.72 Å². The van der Waals surface area contributed by atoms with E-state index in [1.807, 2.05) is 52.4 Å². The molecule has 8 nitrogen and oxygen atoms in total. The molecule has 0 aliphatic rings. The number of nitro benzene ring substituents is 1. The van der Waals surface area contributed by atoms with Gasteiger partial charge in [-0.3, -0.25) is 19.5 Å². The molecule has 0 fully saturated rings. The number of benzene rings is 2. The Morgan fingerprint density at radius 3 is 2.69 bits per heavy atom. The van der Waals surface area contributed by atoms with Gasteiger partial charge in [-0.2, -0.15) is 0 Å². The minimum Gasteiger partial charge on any atom is -0.324 e. The lowest BCUT2D eigenvalue weighted by atomic mass is 10.2. The average molecular weight is 486 g/mol. The van der Waals surface area contributed by atoms with Crippen molar-refractivity contribution in [1.29, 1.82) is 0 Å². The number of carbonyl (C=O) groups excluding carboxylic acids is 1. The minimum atomic E-state index is -0.543. The zero-order valence-corrected chi connectivity index (χ0v) is 18.9. The van der Waals surface area contributed by atoms with Gasteiger partial charge in [0.1, 0.15) is 0 Å². The zero-order valence-electron chi connectivity index (χ0n) is 16.5. The maximum atomic E-state index is 12.5. The monoisotopic (exact) mass is 485 g/mol. The Balaban J connectivity index is 1.51. The highest BCUT2D eigenvalue weighted by Gasteiger charge is 2.18. The Kier molecular flexibility index (Phi) is 6.84. The number of nitrogens with zero attached hydrogens (tertiary/aromatic N) is 4. The fourth-order valence-electron chi connectivity index (χ4n) is 2.93. The smallest absolute Gasteiger partial charge is 0.271 e. The Labute approximate surface area is 196 Å². The third-order valence-corrected chi connectivity index (χ3v) is 6.57. The van der Waals surface area contributed by atoms with Crippen molar-refractivity contribution >= 4 is 52.0 Å². The van der Waals surface area contributed by atoms with Gasteiger partial charge in [0, 0.05) is 12.1 Å². The molecule has 2 heterocycles. The van der Waals surface area contributed by atoms with E-state index in [0.717, 1.165) is 16.3 Å². The normalized spacial score (nSPS) is 10.8.